The largest absolute Gasteiger partial charge is 0.541 e. The van der Waals surface area contributed by atoms with Gasteiger partial charge in [-0.25, -0.2) is 0 Å². The monoisotopic (exact) mass is 211 g/mol. The van der Waals surface area contributed by atoms with E-state index in [1.807, 2.05) is 0 Å². The molecule has 0 saturated heterocycles. The van der Waals surface area contributed by atoms with Crippen LogP contribution in [0.3, 0.4) is 0 Å². The van der Waals surface area contributed by atoms with E-state index in [0.717, 1.165) is 0 Å². The van der Waals surface area contributed by atoms with Gasteiger partial charge < -0.3 is 9.90 Å². The van der Waals surface area contributed by atoms with Crippen molar-refractivity contribution in [2.75, 3.05) is 0 Å². The zero-order valence-corrected chi connectivity index (χ0v) is 8.30. The molecule has 1 rings (SSSR count). The van der Waals surface area contributed by atoms with Crippen molar-refractivity contribution in [2.24, 2.45) is 0 Å². The standard InChI is InChI=1S/C10H9ClO3/c1-2-6-7(9(12)10(13)14)4-3-5-8(6)11/h3-5H,2H2,1H3,(H,13,14)/p-1. The number of aliphatic carboxylic acids is 1. The first-order valence-electron chi connectivity index (χ1n) is 4.11. The zero-order valence-electron chi connectivity index (χ0n) is 7.54. The fraction of sp³-hybridized carbons (Fsp3) is 0.200. The smallest absolute Gasteiger partial charge is 0.208 e. The second-order valence-corrected chi connectivity index (χ2v) is 3.14. The third-order valence-electron chi connectivity index (χ3n) is 1.90. The molecule has 0 unspecified atom stereocenters. The Balaban J connectivity index is 3.27. The summed E-state index contributed by atoms with van der Waals surface area (Å²) in [5.41, 5.74) is 0.656. The SMILES string of the molecule is CCc1c(Cl)cccc1C(=O)C(=O)[O-]. The van der Waals surface area contributed by atoms with Gasteiger partial charge in [-0.15, -0.1) is 0 Å². The van der Waals surface area contributed by atoms with Crippen molar-refractivity contribution in [1.29, 1.82) is 0 Å². The summed E-state index contributed by atoms with van der Waals surface area (Å²) in [5.74, 6) is -2.73. The molecule has 74 valence electrons. The van der Waals surface area contributed by atoms with Crippen LogP contribution in [0.2, 0.25) is 5.02 Å². The number of benzene rings is 1. The van der Waals surface area contributed by atoms with Gasteiger partial charge in [0, 0.05) is 10.6 Å². The number of halogens is 1. The number of carboxylic acid groups (broad SMARTS) is 1. The van der Waals surface area contributed by atoms with Crippen molar-refractivity contribution in [3.05, 3.63) is 34.3 Å². The summed E-state index contributed by atoms with van der Waals surface area (Å²) in [6.07, 6.45) is 0.508. The van der Waals surface area contributed by atoms with Crippen LogP contribution < -0.4 is 5.11 Å². The number of carboxylic acids is 1. The number of Topliss-reactive ketones (excluding diaryl/α,β-unsaturated/α-hetero) is 1. The zero-order chi connectivity index (χ0) is 10.7. The first-order chi connectivity index (χ1) is 6.57. The predicted molar refractivity (Wildman–Crippen MR) is 50.2 cm³/mol. The van der Waals surface area contributed by atoms with Crippen LogP contribution in [0.15, 0.2) is 18.2 Å². The Morgan fingerprint density at radius 3 is 2.57 bits per heavy atom. The molecule has 0 aromatic heterocycles. The van der Waals surface area contributed by atoms with E-state index < -0.39 is 11.8 Å². The quantitative estimate of drug-likeness (QED) is 0.550. The minimum absolute atomic E-state index is 0.111. The first-order valence-corrected chi connectivity index (χ1v) is 4.48. The third kappa shape index (κ3) is 1.93. The fourth-order valence-corrected chi connectivity index (χ4v) is 1.55. The molecule has 0 N–H and O–H groups in total. The average molecular weight is 212 g/mol. The lowest BCUT2D eigenvalue weighted by Gasteiger charge is -2.08. The molecule has 0 fully saturated rings. The Kier molecular flexibility index (Phi) is 3.25. The van der Waals surface area contributed by atoms with Crippen LogP contribution in [0, 0.1) is 0 Å². The van der Waals surface area contributed by atoms with Crippen LogP contribution in [-0.4, -0.2) is 11.8 Å². The maximum Gasteiger partial charge on any atom is 0.208 e. The van der Waals surface area contributed by atoms with Crippen molar-refractivity contribution in [3.8, 4) is 0 Å². The van der Waals surface area contributed by atoms with Crippen LogP contribution in [0.25, 0.3) is 0 Å². The fourth-order valence-electron chi connectivity index (χ4n) is 1.24. The van der Waals surface area contributed by atoms with Crippen molar-refractivity contribution in [2.45, 2.75) is 13.3 Å². The Morgan fingerprint density at radius 1 is 1.43 bits per heavy atom. The minimum Gasteiger partial charge on any atom is -0.541 e. The Labute approximate surface area is 86.3 Å². The van der Waals surface area contributed by atoms with Crippen LogP contribution >= 0.6 is 11.6 Å². The first kappa shape index (κ1) is 10.7. The maximum absolute atomic E-state index is 11.2. The highest BCUT2D eigenvalue weighted by Crippen LogP contribution is 2.20. The van der Waals surface area contributed by atoms with E-state index in [1.54, 1.807) is 13.0 Å². The highest BCUT2D eigenvalue weighted by Gasteiger charge is 2.13. The molecule has 0 aliphatic carbocycles. The Hall–Kier alpha value is -1.35. The van der Waals surface area contributed by atoms with Crippen LogP contribution in [0.5, 0.6) is 0 Å². The van der Waals surface area contributed by atoms with Crippen molar-refractivity contribution < 1.29 is 14.7 Å². The number of carbonyl (C=O) groups excluding carboxylic acids is 2. The normalized spacial score (nSPS) is 9.86. The molecule has 0 aliphatic heterocycles. The predicted octanol–water partition coefficient (Wildman–Crippen LogP) is 0.835. The molecular weight excluding hydrogens is 204 g/mol. The third-order valence-corrected chi connectivity index (χ3v) is 2.26. The molecule has 0 bridgehead atoms. The summed E-state index contributed by atoms with van der Waals surface area (Å²) in [6, 6.07) is 4.59. The van der Waals surface area contributed by atoms with Gasteiger partial charge in [-0.05, 0) is 18.1 Å². The number of ketones is 1. The molecule has 0 aliphatic rings. The van der Waals surface area contributed by atoms with Gasteiger partial charge in [-0.3, -0.25) is 4.79 Å². The van der Waals surface area contributed by atoms with Crippen LogP contribution in [-0.2, 0) is 11.2 Å². The van der Waals surface area contributed by atoms with Crippen LogP contribution in [0.1, 0.15) is 22.8 Å². The molecule has 14 heavy (non-hydrogen) atoms. The summed E-state index contributed by atoms with van der Waals surface area (Å²) in [4.78, 5) is 21.5. The molecule has 0 saturated carbocycles. The molecule has 0 radical (unpaired) electrons. The Morgan fingerprint density at radius 2 is 2.07 bits per heavy atom. The number of rotatable bonds is 3. The molecular formula is C10H8ClO3-. The molecule has 0 spiro atoms. The molecule has 0 heterocycles. The van der Waals surface area contributed by atoms with Crippen molar-refractivity contribution >= 4 is 23.4 Å². The van der Waals surface area contributed by atoms with Gasteiger partial charge in [0.2, 0.25) is 5.78 Å². The highest BCUT2D eigenvalue weighted by molar-refractivity contribution is 6.40. The molecule has 0 atom stereocenters. The molecule has 1 aromatic rings. The van der Waals surface area contributed by atoms with Gasteiger partial charge in [-0.1, -0.05) is 30.7 Å². The van der Waals surface area contributed by atoms with Gasteiger partial charge >= 0.3 is 0 Å². The second kappa shape index (κ2) is 4.24. The van der Waals surface area contributed by atoms with E-state index in [9.17, 15) is 14.7 Å². The van der Waals surface area contributed by atoms with E-state index >= 15 is 0 Å². The van der Waals surface area contributed by atoms with E-state index in [2.05, 4.69) is 0 Å². The van der Waals surface area contributed by atoms with Gasteiger partial charge in [0.25, 0.3) is 0 Å². The number of carbonyl (C=O) groups is 2. The molecule has 3 nitrogen and oxygen atoms in total. The van der Waals surface area contributed by atoms with Crippen LogP contribution in [0.4, 0.5) is 0 Å². The topological polar surface area (TPSA) is 57.2 Å². The van der Waals surface area contributed by atoms with Gasteiger partial charge in [0.1, 0.15) is 5.97 Å². The summed E-state index contributed by atoms with van der Waals surface area (Å²) in [5, 5.41) is 10.8. The Bertz CT molecular complexity index is 385. The number of hydrogen-bond acceptors (Lipinski definition) is 3. The average Bonchev–Trinajstić information content (AvgIpc) is 2.16. The minimum atomic E-state index is -1.71. The van der Waals surface area contributed by atoms with Crippen molar-refractivity contribution in [1.82, 2.24) is 0 Å². The van der Waals surface area contributed by atoms with E-state index in [4.69, 9.17) is 11.6 Å². The molecule has 0 amide bonds. The molecule has 4 heteroatoms. The van der Waals surface area contributed by atoms with Gasteiger partial charge in [0.15, 0.2) is 0 Å². The van der Waals surface area contributed by atoms with Gasteiger partial charge in [-0.2, -0.15) is 0 Å². The summed E-state index contributed by atoms with van der Waals surface area (Å²) < 4.78 is 0. The van der Waals surface area contributed by atoms with Gasteiger partial charge in [0.05, 0.1) is 0 Å². The number of hydrogen-bond donors (Lipinski definition) is 0. The second-order valence-electron chi connectivity index (χ2n) is 2.74. The molecule has 1 aromatic carbocycles. The summed E-state index contributed by atoms with van der Waals surface area (Å²) in [6.45, 7) is 1.80. The van der Waals surface area contributed by atoms with E-state index in [0.29, 0.717) is 17.0 Å². The lowest BCUT2D eigenvalue weighted by Crippen LogP contribution is -2.32. The van der Waals surface area contributed by atoms with E-state index in [-0.39, 0.29) is 5.56 Å². The van der Waals surface area contributed by atoms with E-state index in [1.165, 1.54) is 12.1 Å². The lowest BCUT2D eigenvalue weighted by atomic mass is 10.0. The van der Waals surface area contributed by atoms with Crippen molar-refractivity contribution in [3.63, 3.8) is 0 Å². The summed E-state index contributed by atoms with van der Waals surface area (Å²) >= 11 is 5.81. The highest BCUT2D eigenvalue weighted by atomic mass is 35.5. The lowest BCUT2D eigenvalue weighted by molar-refractivity contribution is -0.296. The maximum atomic E-state index is 11.2. The summed E-state index contributed by atoms with van der Waals surface area (Å²) in [7, 11) is 0.